The Morgan fingerprint density at radius 1 is 0.741 bits per heavy atom. The van der Waals surface area contributed by atoms with E-state index in [1.54, 1.807) is 12.1 Å². The number of hydrogen-bond donors (Lipinski definition) is 1. The molecule has 0 aliphatic heterocycles. The zero-order valence-corrected chi connectivity index (χ0v) is 17.6. The second kappa shape index (κ2) is 8.04. The molecule has 0 aliphatic carbocycles. The van der Waals surface area contributed by atoms with Gasteiger partial charge in [0.2, 0.25) is 0 Å². The van der Waals surface area contributed by atoms with Crippen molar-refractivity contribution in [1.29, 1.82) is 0 Å². The molecule has 3 aromatic rings. The summed E-state index contributed by atoms with van der Waals surface area (Å²) in [6.45, 7) is 0. The van der Waals surface area contributed by atoms with Crippen molar-refractivity contribution in [3.8, 4) is 22.3 Å². The SMILES string of the molecule is O=C(O)c1ncc(-c2cc(Cl)cc(Cl)c2Cl)cc1-c1cc(Cl)cc(Cl)c1Cl. The average Bonchev–Trinajstić information content (AvgIpc) is 2.60. The molecule has 27 heavy (non-hydrogen) atoms. The van der Waals surface area contributed by atoms with Gasteiger partial charge in [-0.3, -0.25) is 0 Å². The fraction of sp³-hybridized carbons (Fsp3) is 0. The monoisotopic (exact) mass is 479 g/mol. The first-order valence-corrected chi connectivity index (χ1v) is 9.49. The molecule has 0 saturated carbocycles. The summed E-state index contributed by atoms with van der Waals surface area (Å²) in [6.07, 6.45) is 1.36. The zero-order chi connectivity index (χ0) is 19.9. The van der Waals surface area contributed by atoms with Gasteiger partial charge in [-0.25, -0.2) is 9.78 Å². The van der Waals surface area contributed by atoms with E-state index in [1.165, 1.54) is 24.4 Å². The van der Waals surface area contributed by atoms with E-state index in [2.05, 4.69) is 4.98 Å². The molecule has 0 unspecified atom stereocenters. The van der Waals surface area contributed by atoms with Crippen LogP contribution in [0.1, 0.15) is 10.5 Å². The van der Waals surface area contributed by atoms with Crippen LogP contribution in [-0.2, 0) is 0 Å². The van der Waals surface area contributed by atoms with E-state index in [1.807, 2.05) is 0 Å². The highest BCUT2D eigenvalue weighted by molar-refractivity contribution is 6.46. The van der Waals surface area contributed by atoms with E-state index < -0.39 is 5.97 Å². The molecule has 1 heterocycles. The van der Waals surface area contributed by atoms with Crippen LogP contribution in [-0.4, -0.2) is 16.1 Å². The first kappa shape index (κ1) is 20.5. The minimum absolute atomic E-state index is 0.151. The number of hydrogen-bond acceptors (Lipinski definition) is 2. The highest BCUT2D eigenvalue weighted by Crippen LogP contribution is 2.41. The van der Waals surface area contributed by atoms with E-state index in [-0.39, 0.29) is 31.3 Å². The lowest BCUT2D eigenvalue weighted by molar-refractivity contribution is 0.0691. The molecule has 0 atom stereocenters. The number of carboxylic acids is 1. The molecule has 138 valence electrons. The van der Waals surface area contributed by atoms with Crippen molar-refractivity contribution in [2.24, 2.45) is 0 Å². The van der Waals surface area contributed by atoms with Crippen LogP contribution in [0.4, 0.5) is 0 Å². The molecule has 0 spiro atoms. The predicted molar refractivity (Wildman–Crippen MR) is 112 cm³/mol. The van der Waals surface area contributed by atoms with Gasteiger partial charge < -0.3 is 5.11 Å². The lowest BCUT2D eigenvalue weighted by atomic mass is 9.98. The van der Waals surface area contributed by atoms with E-state index in [0.29, 0.717) is 26.7 Å². The second-order valence-electron chi connectivity index (χ2n) is 5.42. The third-order valence-corrected chi connectivity index (χ3v) is 5.72. The van der Waals surface area contributed by atoms with Crippen LogP contribution >= 0.6 is 69.6 Å². The summed E-state index contributed by atoms with van der Waals surface area (Å²) in [4.78, 5) is 15.7. The average molecular weight is 482 g/mol. The normalized spacial score (nSPS) is 10.9. The van der Waals surface area contributed by atoms with Gasteiger partial charge in [0, 0.05) is 38.5 Å². The van der Waals surface area contributed by atoms with Gasteiger partial charge in [0.25, 0.3) is 0 Å². The molecular weight excluding hydrogens is 475 g/mol. The van der Waals surface area contributed by atoms with Crippen molar-refractivity contribution < 1.29 is 9.90 Å². The summed E-state index contributed by atoms with van der Waals surface area (Å²) in [7, 11) is 0. The van der Waals surface area contributed by atoms with E-state index >= 15 is 0 Å². The third-order valence-electron chi connectivity index (χ3n) is 3.68. The van der Waals surface area contributed by atoms with Gasteiger partial charge in [0.05, 0.1) is 20.1 Å². The Kier molecular flexibility index (Phi) is 6.11. The number of benzene rings is 2. The number of nitrogens with zero attached hydrogens (tertiary/aromatic N) is 1. The molecule has 1 aromatic heterocycles. The van der Waals surface area contributed by atoms with Crippen LogP contribution in [0.25, 0.3) is 22.3 Å². The van der Waals surface area contributed by atoms with Crippen molar-refractivity contribution in [3.05, 3.63) is 72.4 Å². The molecule has 3 nitrogen and oxygen atoms in total. The zero-order valence-electron chi connectivity index (χ0n) is 13.0. The highest BCUT2D eigenvalue weighted by atomic mass is 35.5. The molecule has 0 bridgehead atoms. The molecule has 0 aliphatic rings. The molecule has 0 amide bonds. The van der Waals surface area contributed by atoms with Crippen molar-refractivity contribution in [3.63, 3.8) is 0 Å². The number of rotatable bonds is 3. The summed E-state index contributed by atoms with van der Waals surface area (Å²) in [5.41, 5.74) is 1.32. The largest absolute Gasteiger partial charge is 0.476 e. The smallest absolute Gasteiger partial charge is 0.355 e. The van der Waals surface area contributed by atoms with Crippen LogP contribution in [0, 0.1) is 0 Å². The Bertz CT molecular complexity index is 1080. The van der Waals surface area contributed by atoms with Gasteiger partial charge in [-0.15, -0.1) is 0 Å². The maximum atomic E-state index is 11.7. The molecule has 1 N–H and O–H groups in total. The minimum atomic E-state index is -1.24. The lowest BCUT2D eigenvalue weighted by Crippen LogP contribution is -2.04. The first-order valence-electron chi connectivity index (χ1n) is 7.22. The topological polar surface area (TPSA) is 50.2 Å². The van der Waals surface area contributed by atoms with E-state index in [4.69, 9.17) is 69.6 Å². The molecule has 0 saturated heterocycles. The molecule has 0 fully saturated rings. The van der Waals surface area contributed by atoms with Gasteiger partial charge in [-0.1, -0.05) is 69.6 Å². The number of carboxylic acid groups (broad SMARTS) is 1. The van der Waals surface area contributed by atoms with E-state index in [0.717, 1.165) is 0 Å². The Balaban J connectivity index is 2.32. The molecule has 3 rings (SSSR count). The Hall–Kier alpha value is -1.20. The van der Waals surface area contributed by atoms with Crippen LogP contribution in [0.5, 0.6) is 0 Å². The van der Waals surface area contributed by atoms with Crippen molar-refractivity contribution >= 4 is 75.6 Å². The fourth-order valence-corrected chi connectivity index (χ4v) is 3.92. The standard InChI is InChI=1S/C18H7Cl6NO2/c19-8-2-10(15(23)13(21)4-8)7-1-12(17(18(26)27)25-6-7)11-3-9(20)5-14(22)16(11)24/h1-6H,(H,26,27). The van der Waals surface area contributed by atoms with Gasteiger partial charge in [0.1, 0.15) is 0 Å². The maximum Gasteiger partial charge on any atom is 0.355 e. The van der Waals surface area contributed by atoms with Crippen LogP contribution in [0.15, 0.2) is 36.5 Å². The van der Waals surface area contributed by atoms with Crippen LogP contribution < -0.4 is 0 Å². The van der Waals surface area contributed by atoms with Crippen LogP contribution in [0.3, 0.4) is 0 Å². The molecule has 2 aromatic carbocycles. The van der Waals surface area contributed by atoms with Crippen molar-refractivity contribution in [2.75, 3.05) is 0 Å². The van der Waals surface area contributed by atoms with Gasteiger partial charge >= 0.3 is 5.97 Å². The summed E-state index contributed by atoms with van der Waals surface area (Å²) in [5.74, 6) is -1.24. The predicted octanol–water partition coefficient (Wildman–Crippen LogP) is 8.03. The number of carbonyl (C=O) groups is 1. The first-order chi connectivity index (χ1) is 12.7. The number of aromatic nitrogens is 1. The van der Waals surface area contributed by atoms with Crippen molar-refractivity contribution in [1.82, 2.24) is 4.98 Å². The van der Waals surface area contributed by atoms with Gasteiger partial charge in [-0.05, 0) is 30.3 Å². The Morgan fingerprint density at radius 2 is 1.26 bits per heavy atom. The maximum absolute atomic E-state index is 11.7. The van der Waals surface area contributed by atoms with E-state index in [9.17, 15) is 9.90 Å². The quantitative estimate of drug-likeness (QED) is 0.385. The second-order valence-corrected chi connectivity index (χ2v) is 7.87. The minimum Gasteiger partial charge on any atom is -0.476 e. The number of pyridine rings is 1. The Morgan fingerprint density at radius 3 is 1.81 bits per heavy atom. The van der Waals surface area contributed by atoms with Gasteiger partial charge in [0.15, 0.2) is 5.69 Å². The Labute approximate surface area is 184 Å². The summed E-state index contributed by atoms with van der Waals surface area (Å²) in [6, 6.07) is 7.64. The third kappa shape index (κ3) is 4.14. The summed E-state index contributed by atoms with van der Waals surface area (Å²) in [5, 5.41) is 11.0. The fourth-order valence-electron chi connectivity index (χ4n) is 2.51. The number of halogens is 6. The summed E-state index contributed by atoms with van der Waals surface area (Å²) < 4.78 is 0. The number of aromatic carboxylic acids is 1. The van der Waals surface area contributed by atoms with Gasteiger partial charge in [-0.2, -0.15) is 0 Å². The van der Waals surface area contributed by atoms with Crippen molar-refractivity contribution in [2.45, 2.75) is 0 Å². The van der Waals surface area contributed by atoms with Crippen LogP contribution in [0.2, 0.25) is 30.1 Å². The lowest BCUT2D eigenvalue weighted by Gasteiger charge is -2.13. The summed E-state index contributed by atoms with van der Waals surface area (Å²) >= 11 is 36.9. The molecule has 0 radical (unpaired) electrons. The molecule has 9 heteroatoms. The highest BCUT2D eigenvalue weighted by Gasteiger charge is 2.20. The molecular formula is C18H7Cl6NO2.